The number of nitrogens with one attached hydrogen (secondary N) is 2. The molecule has 0 aromatic carbocycles. The van der Waals surface area contributed by atoms with Gasteiger partial charge in [0.2, 0.25) is 0 Å². The zero-order chi connectivity index (χ0) is 12.7. The minimum atomic E-state index is 1.09. The van der Waals surface area contributed by atoms with Gasteiger partial charge in [0.1, 0.15) is 0 Å². The maximum Gasteiger partial charge on any atom is 0.0628 e. The van der Waals surface area contributed by atoms with E-state index in [0.29, 0.717) is 0 Å². The summed E-state index contributed by atoms with van der Waals surface area (Å²) in [7, 11) is 4.01. The Balaban J connectivity index is 2.18. The van der Waals surface area contributed by atoms with E-state index in [-0.39, 0.29) is 0 Å². The van der Waals surface area contributed by atoms with Gasteiger partial charge in [0.15, 0.2) is 0 Å². The highest BCUT2D eigenvalue weighted by molar-refractivity contribution is 5.24. The molecule has 1 rings (SSSR count). The van der Waals surface area contributed by atoms with E-state index in [9.17, 15) is 0 Å². The second-order valence-electron chi connectivity index (χ2n) is 4.58. The number of hydrogen-bond donors (Lipinski definition) is 2. The summed E-state index contributed by atoms with van der Waals surface area (Å²) in [5, 5.41) is 11.1. The zero-order valence-electron chi connectivity index (χ0n) is 11.6. The third kappa shape index (κ3) is 4.48. The molecule has 0 spiro atoms. The highest BCUT2D eigenvalue weighted by Gasteiger charge is 2.07. The molecule has 0 radical (unpaired) electrons. The summed E-state index contributed by atoms with van der Waals surface area (Å²) in [6.45, 7) is 7.54. The summed E-state index contributed by atoms with van der Waals surface area (Å²) in [5.41, 5.74) is 3.90. The Labute approximate surface area is 105 Å². The smallest absolute Gasteiger partial charge is 0.0628 e. The van der Waals surface area contributed by atoms with Crippen LogP contribution in [0.1, 0.15) is 29.8 Å². The molecule has 2 N–H and O–H groups in total. The van der Waals surface area contributed by atoms with E-state index in [1.54, 1.807) is 0 Å². The lowest BCUT2D eigenvalue weighted by Crippen LogP contribution is -2.21. The standard InChI is InChI=1S/C13H26N4/c1-11-13(12(2)17(4)16-11)7-5-9-15-10-6-8-14-3/h14-15H,5-10H2,1-4H3. The van der Waals surface area contributed by atoms with E-state index in [0.717, 1.165) is 26.1 Å². The maximum atomic E-state index is 4.44. The second kappa shape index (κ2) is 7.45. The largest absolute Gasteiger partial charge is 0.320 e. The fraction of sp³-hybridized carbons (Fsp3) is 0.769. The van der Waals surface area contributed by atoms with Gasteiger partial charge in [0.25, 0.3) is 0 Å². The SMILES string of the molecule is CNCCCNCCCc1c(C)nn(C)c1C. The molecule has 0 aliphatic carbocycles. The molecule has 98 valence electrons. The van der Waals surface area contributed by atoms with Crippen LogP contribution in [0, 0.1) is 13.8 Å². The Kier molecular flexibility index (Phi) is 6.22. The fourth-order valence-corrected chi connectivity index (χ4v) is 2.08. The molecule has 4 nitrogen and oxygen atoms in total. The van der Waals surface area contributed by atoms with Crippen LogP contribution in [0.5, 0.6) is 0 Å². The van der Waals surface area contributed by atoms with Crippen LogP contribution in [0.3, 0.4) is 0 Å². The van der Waals surface area contributed by atoms with Gasteiger partial charge in [-0.05, 0) is 65.4 Å². The van der Waals surface area contributed by atoms with Crippen molar-refractivity contribution in [1.82, 2.24) is 20.4 Å². The molecule has 0 saturated heterocycles. The Hall–Kier alpha value is -0.870. The van der Waals surface area contributed by atoms with Crippen LogP contribution in [0.4, 0.5) is 0 Å². The molecule has 0 atom stereocenters. The van der Waals surface area contributed by atoms with E-state index in [1.165, 1.54) is 29.8 Å². The fourth-order valence-electron chi connectivity index (χ4n) is 2.08. The van der Waals surface area contributed by atoms with Gasteiger partial charge in [-0.3, -0.25) is 4.68 Å². The van der Waals surface area contributed by atoms with Crippen molar-refractivity contribution < 1.29 is 0 Å². The molecule has 0 unspecified atom stereocenters. The van der Waals surface area contributed by atoms with E-state index >= 15 is 0 Å². The molecule has 1 aromatic rings. The van der Waals surface area contributed by atoms with E-state index in [4.69, 9.17) is 0 Å². The Morgan fingerprint density at radius 3 is 2.41 bits per heavy atom. The number of aryl methyl sites for hydroxylation is 2. The monoisotopic (exact) mass is 238 g/mol. The molecule has 0 fully saturated rings. The minimum absolute atomic E-state index is 1.09. The first-order valence-corrected chi connectivity index (χ1v) is 6.51. The topological polar surface area (TPSA) is 41.9 Å². The van der Waals surface area contributed by atoms with Crippen LogP contribution < -0.4 is 10.6 Å². The maximum absolute atomic E-state index is 4.44. The Morgan fingerprint density at radius 1 is 1.12 bits per heavy atom. The third-order valence-electron chi connectivity index (χ3n) is 3.22. The summed E-state index contributed by atoms with van der Waals surface area (Å²) < 4.78 is 1.98. The van der Waals surface area contributed by atoms with Crippen molar-refractivity contribution in [3.05, 3.63) is 17.0 Å². The highest BCUT2D eigenvalue weighted by atomic mass is 15.3. The van der Waals surface area contributed by atoms with Crippen LogP contribution >= 0.6 is 0 Å². The molecule has 0 aliphatic heterocycles. The van der Waals surface area contributed by atoms with Gasteiger partial charge in [-0.25, -0.2) is 0 Å². The van der Waals surface area contributed by atoms with E-state index in [2.05, 4.69) is 29.6 Å². The van der Waals surface area contributed by atoms with Gasteiger partial charge >= 0.3 is 0 Å². The van der Waals surface area contributed by atoms with Crippen molar-refractivity contribution in [2.45, 2.75) is 33.1 Å². The third-order valence-corrected chi connectivity index (χ3v) is 3.22. The molecule has 17 heavy (non-hydrogen) atoms. The second-order valence-corrected chi connectivity index (χ2v) is 4.58. The molecule has 0 amide bonds. The predicted octanol–water partition coefficient (Wildman–Crippen LogP) is 1.17. The summed E-state index contributed by atoms with van der Waals surface area (Å²) in [6.07, 6.45) is 3.51. The van der Waals surface area contributed by atoms with Gasteiger partial charge < -0.3 is 10.6 Å². The first-order valence-electron chi connectivity index (χ1n) is 6.51. The summed E-state index contributed by atoms with van der Waals surface area (Å²) in [5.74, 6) is 0. The van der Waals surface area contributed by atoms with Gasteiger partial charge in [-0.1, -0.05) is 0 Å². The average Bonchev–Trinajstić information content (AvgIpc) is 2.54. The van der Waals surface area contributed by atoms with E-state index < -0.39 is 0 Å². The number of aromatic nitrogens is 2. The first kappa shape index (κ1) is 14.2. The van der Waals surface area contributed by atoms with Crippen molar-refractivity contribution in [2.24, 2.45) is 7.05 Å². The Bertz CT molecular complexity index is 330. The molecule has 1 heterocycles. The predicted molar refractivity (Wildman–Crippen MR) is 72.4 cm³/mol. The normalized spacial score (nSPS) is 11.1. The van der Waals surface area contributed by atoms with Crippen molar-refractivity contribution in [3.8, 4) is 0 Å². The quantitative estimate of drug-likeness (QED) is 0.668. The van der Waals surface area contributed by atoms with E-state index in [1.807, 2.05) is 18.8 Å². The summed E-state index contributed by atoms with van der Waals surface area (Å²) >= 11 is 0. The molecule has 0 aliphatic rings. The van der Waals surface area contributed by atoms with Gasteiger partial charge in [0, 0.05) is 12.7 Å². The molecule has 4 heteroatoms. The lowest BCUT2D eigenvalue weighted by atomic mass is 10.1. The molecule has 0 saturated carbocycles. The van der Waals surface area contributed by atoms with Crippen LogP contribution in [-0.2, 0) is 13.5 Å². The lowest BCUT2D eigenvalue weighted by Gasteiger charge is -2.05. The highest BCUT2D eigenvalue weighted by Crippen LogP contribution is 2.13. The lowest BCUT2D eigenvalue weighted by molar-refractivity contribution is 0.605. The van der Waals surface area contributed by atoms with Gasteiger partial charge in [-0.15, -0.1) is 0 Å². The number of hydrogen-bond acceptors (Lipinski definition) is 3. The van der Waals surface area contributed by atoms with Gasteiger partial charge in [0.05, 0.1) is 5.69 Å². The Morgan fingerprint density at radius 2 is 1.82 bits per heavy atom. The molecule has 0 bridgehead atoms. The van der Waals surface area contributed by atoms with Crippen LogP contribution in [0.15, 0.2) is 0 Å². The van der Waals surface area contributed by atoms with Crippen molar-refractivity contribution in [3.63, 3.8) is 0 Å². The first-order chi connectivity index (χ1) is 8.16. The summed E-state index contributed by atoms with van der Waals surface area (Å²) in [4.78, 5) is 0. The van der Waals surface area contributed by atoms with Crippen LogP contribution in [-0.4, -0.2) is 36.5 Å². The number of nitrogens with zero attached hydrogens (tertiary/aromatic N) is 2. The van der Waals surface area contributed by atoms with Gasteiger partial charge in [-0.2, -0.15) is 5.10 Å². The molecular formula is C13H26N4. The zero-order valence-corrected chi connectivity index (χ0v) is 11.6. The van der Waals surface area contributed by atoms with Crippen molar-refractivity contribution >= 4 is 0 Å². The average molecular weight is 238 g/mol. The van der Waals surface area contributed by atoms with Crippen LogP contribution in [0.25, 0.3) is 0 Å². The summed E-state index contributed by atoms with van der Waals surface area (Å²) in [6, 6.07) is 0. The van der Waals surface area contributed by atoms with Crippen molar-refractivity contribution in [1.29, 1.82) is 0 Å². The molecular weight excluding hydrogens is 212 g/mol. The van der Waals surface area contributed by atoms with Crippen LogP contribution in [0.2, 0.25) is 0 Å². The minimum Gasteiger partial charge on any atom is -0.320 e. The number of rotatable bonds is 8. The van der Waals surface area contributed by atoms with Crippen molar-refractivity contribution in [2.75, 3.05) is 26.7 Å². The molecule has 1 aromatic heterocycles.